The van der Waals surface area contributed by atoms with E-state index in [9.17, 15) is 4.79 Å². The highest BCUT2D eigenvalue weighted by Gasteiger charge is 2.16. The van der Waals surface area contributed by atoms with Crippen molar-refractivity contribution in [3.8, 4) is 11.5 Å². The second kappa shape index (κ2) is 6.95. The maximum Gasteiger partial charge on any atom is 0.256 e. The van der Waals surface area contributed by atoms with E-state index in [1.807, 2.05) is 24.3 Å². The van der Waals surface area contributed by atoms with Gasteiger partial charge in [-0.25, -0.2) is 4.98 Å². The first kappa shape index (κ1) is 16.8. The third kappa shape index (κ3) is 3.24. The van der Waals surface area contributed by atoms with Crippen LogP contribution in [0.2, 0.25) is 0 Å². The van der Waals surface area contributed by atoms with Crippen LogP contribution in [-0.4, -0.2) is 44.3 Å². The normalized spacial score (nSPS) is 13.6. The van der Waals surface area contributed by atoms with Crippen molar-refractivity contribution < 1.29 is 14.3 Å². The van der Waals surface area contributed by atoms with E-state index < -0.39 is 0 Å². The van der Waals surface area contributed by atoms with Gasteiger partial charge in [0.15, 0.2) is 22.4 Å². The second-order valence-electron chi connectivity index (χ2n) is 6.08. The summed E-state index contributed by atoms with van der Waals surface area (Å²) >= 11 is 1.35. The summed E-state index contributed by atoms with van der Waals surface area (Å²) in [6.07, 6.45) is 0.834. The van der Waals surface area contributed by atoms with Gasteiger partial charge in [0.25, 0.3) is 5.78 Å². The molecule has 0 spiro atoms. The van der Waals surface area contributed by atoms with Crippen LogP contribution in [0.4, 0.5) is 0 Å². The number of fused-ring (bicyclic) bond motifs is 2. The zero-order valence-corrected chi connectivity index (χ0v) is 15.4. The molecule has 2 aromatic heterocycles. The lowest BCUT2D eigenvalue weighted by Crippen LogP contribution is -2.05. The van der Waals surface area contributed by atoms with Gasteiger partial charge in [0.05, 0.1) is 19.0 Å². The van der Waals surface area contributed by atoms with Crippen LogP contribution in [0.1, 0.15) is 28.2 Å². The molecule has 3 aromatic rings. The minimum atomic E-state index is 0.000112. The zero-order chi connectivity index (χ0) is 18.1. The van der Waals surface area contributed by atoms with Gasteiger partial charge in [-0.1, -0.05) is 11.8 Å². The molecular weight excluding hydrogens is 352 g/mol. The number of hydrogen-bond donors (Lipinski definition) is 0. The monoisotopic (exact) mass is 370 g/mol. The first-order valence-corrected chi connectivity index (χ1v) is 9.35. The number of carbonyl (C=O) groups is 1. The van der Waals surface area contributed by atoms with Crippen molar-refractivity contribution in [2.75, 3.05) is 19.0 Å². The van der Waals surface area contributed by atoms with Gasteiger partial charge in [0.2, 0.25) is 0 Å². The van der Waals surface area contributed by atoms with E-state index in [0.29, 0.717) is 41.2 Å². The van der Waals surface area contributed by atoms with E-state index in [-0.39, 0.29) is 11.5 Å². The number of carbonyl (C=O) groups excluding carboxylic acids is 1. The molecule has 4 rings (SSSR count). The van der Waals surface area contributed by atoms with Crippen LogP contribution in [0.5, 0.6) is 11.5 Å². The number of ether oxygens (including phenoxy) is 2. The van der Waals surface area contributed by atoms with E-state index in [1.54, 1.807) is 18.2 Å². The lowest BCUT2D eigenvalue weighted by atomic mass is 10.1. The van der Waals surface area contributed by atoms with E-state index in [2.05, 4.69) is 15.2 Å². The predicted octanol–water partition coefficient (Wildman–Crippen LogP) is 2.88. The maximum absolute atomic E-state index is 12.6. The van der Waals surface area contributed by atoms with Crippen molar-refractivity contribution in [3.63, 3.8) is 0 Å². The van der Waals surface area contributed by atoms with E-state index in [0.717, 1.165) is 17.8 Å². The molecule has 8 heteroatoms. The summed E-state index contributed by atoms with van der Waals surface area (Å²) in [6.45, 7) is 5.11. The summed E-state index contributed by atoms with van der Waals surface area (Å²) in [5.41, 5.74) is 2.48. The number of thioether (sulfide) groups is 1. The van der Waals surface area contributed by atoms with Gasteiger partial charge in [-0.05, 0) is 38.1 Å². The molecule has 1 aromatic carbocycles. The fraction of sp³-hybridized carbons (Fsp3) is 0.333. The van der Waals surface area contributed by atoms with E-state index in [4.69, 9.17) is 9.47 Å². The molecule has 0 N–H and O–H groups in total. The van der Waals surface area contributed by atoms with Crippen molar-refractivity contribution >= 4 is 23.3 Å². The van der Waals surface area contributed by atoms with Crippen LogP contribution in [0, 0.1) is 13.8 Å². The number of aromatic nitrogens is 4. The Labute approximate surface area is 154 Å². The van der Waals surface area contributed by atoms with Gasteiger partial charge in [-0.2, -0.15) is 0 Å². The Balaban J connectivity index is 1.52. The average Bonchev–Trinajstić information content (AvgIpc) is 2.88. The summed E-state index contributed by atoms with van der Waals surface area (Å²) in [5, 5.41) is 8.91. The Morgan fingerprint density at radius 1 is 1.15 bits per heavy atom. The van der Waals surface area contributed by atoms with E-state index in [1.165, 1.54) is 11.8 Å². The summed E-state index contributed by atoms with van der Waals surface area (Å²) in [7, 11) is 0. The van der Waals surface area contributed by atoms with Gasteiger partial charge in [-0.3, -0.25) is 9.20 Å². The highest BCUT2D eigenvalue weighted by Crippen LogP contribution is 2.31. The van der Waals surface area contributed by atoms with Crippen molar-refractivity contribution in [1.29, 1.82) is 0 Å². The number of ketones is 1. The van der Waals surface area contributed by atoms with Gasteiger partial charge >= 0.3 is 0 Å². The van der Waals surface area contributed by atoms with Crippen LogP contribution in [0.15, 0.2) is 29.4 Å². The molecule has 1 aliphatic heterocycles. The van der Waals surface area contributed by atoms with Crippen molar-refractivity contribution in [2.24, 2.45) is 0 Å². The molecule has 3 heterocycles. The van der Waals surface area contributed by atoms with Crippen LogP contribution in [0.25, 0.3) is 5.78 Å². The molecule has 0 bridgehead atoms. The Bertz CT molecular complexity index is 986. The third-order valence-corrected chi connectivity index (χ3v) is 4.99. The Morgan fingerprint density at radius 3 is 2.81 bits per heavy atom. The molecule has 1 aliphatic rings. The first-order chi connectivity index (χ1) is 12.6. The minimum Gasteiger partial charge on any atom is -0.490 e. The number of Topliss-reactive ketones (excluding diaryl/α,β-unsaturated/α-hetero) is 1. The minimum absolute atomic E-state index is 0.000112. The van der Waals surface area contributed by atoms with Crippen molar-refractivity contribution in [3.05, 3.63) is 41.2 Å². The number of benzene rings is 1. The summed E-state index contributed by atoms with van der Waals surface area (Å²) in [5.74, 6) is 2.12. The average molecular weight is 370 g/mol. The summed E-state index contributed by atoms with van der Waals surface area (Å²) < 4.78 is 13.1. The fourth-order valence-corrected chi connectivity index (χ4v) is 3.72. The Hall–Kier alpha value is -2.61. The molecule has 26 heavy (non-hydrogen) atoms. The van der Waals surface area contributed by atoms with Crippen molar-refractivity contribution in [2.45, 2.75) is 25.4 Å². The Kier molecular flexibility index (Phi) is 4.50. The number of rotatable bonds is 4. The zero-order valence-electron chi connectivity index (χ0n) is 14.6. The highest BCUT2D eigenvalue weighted by atomic mass is 32.2. The smallest absolute Gasteiger partial charge is 0.256 e. The topological polar surface area (TPSA) is 78.6 Å². The third-order valence-electron chi connectivity index (χ3n) is 4.06. The quantitative estimate of drug-likeness (QED) is 0.516. The van der Waals surface area contributed by atoms with Crippen LogP contribution in [-0.2, 0) is 0 Å². The van der Waals surface area contributed by atoms with Gasteiger partial charge in [0, 0.05) is 23.4 Å². The molecule has 0 radical (unpaired) electrons. The molecule has 0 aliphatic carbocycles. The standard InChI is InChI=1S/C18H18N4O3S/c1-11-8-12(2)22-17(19-11)20-21-18(22)26-10-14(23)13-4-5-15-16(9-13)25-7-3-6-24-15/h4-5,8-9H,3,6-7,10H2,1-2H3. The van der Waals surface area contributed by atoms with Crippen molar-refractivity contribution in [1.82, 2.24) is 19.6 Å². The second-order valence-corrected chi connectivity index (χ2v) is 7.02. The first-order valence-electron chi connectivity index (χ1n) is 8.37. The van der Waals surface area contributed by atoms with Crippen LogP contribution >= 0.6 is 11.8 Å². The SMILES string of the molecule is Cc1cc(C)n2c(SCC(=O)c3ccc4c(c3)OCCCO4)nnc2n1. The molecule has 0 unspecified atom stereocenters. The largest absolute Gasteiger partial charge is 0.490 e. The summed E-state index contributed by atoms with van der Waals surface area (Å²) in [4.78, 5) is 17.0. The lowest BCUT2D eigenvalue weighted by Gasteiger charge is -2.09. The molecule has 0 atom stereocenters. The fourth-order valence-electron chi connectivity index (χ4n) is 2.84. The molecule has 0 fully saturated rings. The van der Waals surface area contributed by atoms with Crippen LogP contribution in [0.3, 0.4) is 0 Å². The number of aryl methyl sites for hydroxylation is 2. The highest BCUT2D eigenvalue weighted by molar-refractivity contribution is 7.99. The maximum atomic E-state index is 12.6. The Morgan fingerprint density at radius 2 is 1.96 bits per heavy atom. The van der Waals surface area contributed by atoms with Gasteiger partial charge in [0.1, 0.15) is 0 Å². The molecule has 0 saturated carbocycles. The number of nitrogens with zero attached hydrogens (tertiary/aromatic N) is 4. The molecule has 134 valence electrons. The number of hydrogen-bond acceptors (Lipinski definition) is 7. The van der Waals surface area contributed by atoms with Gasteiger partial charge < -0.3 is 9.47 Å². The lowest BCUT2D eigenvalue weighted by molar-refractivity contribution is 0.102. The van der Waals surface area contributed by atoms with Crippen LogP contribution < -0.4 is 9.47 Å². The molecule has 0 amide bonds. The molecule has 0 saturated heterocycles. The predicted molar refractivity (Wildman–Crippen MR) is 97.4 cm³/mol. The molecular formula is C18H18N4O3S. The summed E-state index contributed by atoms with van der Waals surface area (Å²) in [6, 6.07) is 7.28. The van der Waals surface area contributed by atoms with E-state index >= 15 is 0 Å². The van der Waals surface area contributed by atoms with Gasteiger partial charge in [-0.15, -0.1) is 10.2 Å². The molecule has 7 nitrogen and oxygen atoms in total.